The number of carbonyl (C=O) groups is 3. The van der Waals surface area contributed by atoms with E-state index >= 15 is 0 Å². The molecule has 5 rings (SSSR count). The highest BCUT2D eigenvalue weighted by Crippen LogP contribution is 2.41. The largest absolute Gasteiger partial charge is 0.487 e. The smallest absolute Gasteiger partial charge is 0.387 e. The van der Waals surface area contributed by atoms with Gasteiger partial charge < -0.3 is 28.3 Å². The van der Waals surface area contributed by atoms with Gasteiger partial charge in [0, 0.05) is 12.0 Å². The minimum atomic E-state index is -3.08. The Balaban J connectivity index is 1.67. The Morgan fingerprint density at radius 1 is 0.939 bits per heavy atom. The molecule has 0 amide bonds. The third-order valence-electron chi connectivity index (χ3n) is 7.52. The Hall–Kier alpha value is -5.03. The number of aromatic nitrogens is 1. The third kappa shape index (κ3) is 9.11. The fourth-order valence-electron chi connectivity index (χ4n) is 5.37. The van der Waals surface area contributed by atoms with Gasteiger partial charge in [0.2, 0.25) is 0 Å². The van der Waals surface area contributed by atoms with Crippen LogP contribution in [0.25, 0.3) is 11.3 Å². The van der Waals surface area contributed by atoms with Crippen LogP contribution in [0.4, 0.5) is 8.78 Å². The summed E-state index contributed by atoms with van der Waals surface area (Å²) < 4.78 is 56.1. The number of benzene rings is 3. The van der Waals surface area contributed by atoms with Gasteiger partial charge in [-0.2, -0.15) is 8.78 Å². The Morgan fingerprint density at radius 3 is 2.33 bits per heavy atom. The molecule has 0 aliphatic heterocycles. The average Bonchev–Trinajstić information content (AvgIpc) is 3.82. The van der Waals surface area contributed by atoms with E-state index in [2.05, 4.69) is 0 Å². The molecule has 0 unspecified atom stereocenters. The summed E-state index contributed by atoms with van der Waals surface area (Å²) >= 11 is 0. The van der Waals surface area contributed by atoms with Gasteiger partial charge >= 0.3 is 18.6 Å². The molecular weight excluding hydrogens is 636 g/mol. The molecule has 11 heteroatoms. The minimum absolute atomic E-state index is 0.0115. The highest BCUT2D eigenvalue weighted by Gasteiger charge is 2.31. The molecule has 258 valence electrons. The summed E-state index contributed by atoms with van der Waals surface area (Å²) in [6, 6.07) is 20.7. The van der Waals surface area contributed by atoms with Crippen LogP contribution >= 0.6 is 0 Å². The van der Waals surface area contributed by atoms with Crippen LogP contribution in [0.5, 0.6) is 11.5 Å². The molecule has 1 heterocycles. The molecule has 9 nitrogen and oxygen atoms in total. The van der Waals surface area contributed by atoms with Crippen LogP contribution in [0.1, 0.15) is 88.4 Å². The number of nitrogens with zero attached hydrogens (tertiary/aromatic N) is 1. The molecule has 0 saturated heterocycles. The van der Waals surface area contributed by atoms with Crippen molar-refractivity contribution in [1.29, 1.82) is 0 Å². The maximum Gasteiger partial charge on any atom is 0.387 e. The van der Waals surface area contributed by atoms with Gasteiger partial charge in [0.15, 0.2) is 17.8 Å². The summed E-state index contributed by atoms with van der Waals surface area (Å²) in [5, 5.41) is 0. The van der Waals surface area contributed by atoms with Gasteiger partial charge in [-0.05, 0) is 87.6 Å². The minimum Gasteiger partial charge on any atom is -0.487 e. The molecule has 1 aromatic heterocycles. The van der Waals surface area contributed by atoms with Gasteiger partial charge in [-0.25, -0.2) is 9.59 Å². The molecule has 0 atom stereocenters. The molecule has 49 heavy (non-hydrogen) atoms. The van der Waals surface area contributed by atoms with Crippen molar-refractivity contribution >= 4 is 18.2 Å². The SMILES string of the molecule is CCOC(=O)c1c(Cc2cccc(C(=O)OC(C)(C)C)c2)c(-c2ccc(OC(F)F)c(OC3CC3)c2)n(COCc2ccccc2)c1C=O. The number of rotatable bonds is 15. The van der Waals surface area contributed by atoms with Gasteiger partial charge in [-0.15, -0.1) is 0 Å². The van der Waals surface area contributed by atoms with Crippen LogP contribution in [-0.4, -0.2) is 47.7 Å². The lowest BCUT2D eigenvalue weighted by atomic mass is 9.96. The molecule has 4 aromatic rings. The number of aldehydes is 1. The molecule has 1 fully saturated rings. The van der Waals surface area contributed by atoms with Crippen molar-refractivity contribution in [3.05, 3.63) is 106 Å². The van der Waals surface area contributed by atoms with E-state index in [-0.39, 0.29) is 55.2 Å². The topological polar surface area (TPSA) is 102 Å². The Kier molecular flexibility index (Phi) is 11.1. The fraction of sp³-hybridized carbons (Fsp3) is 0.342. The first-order chi connectivity index (χ1) is 23.5. The van der Waals surface area contributed by atoms with Crippen LogP contribution in [-0.2, 0) is 34.0 Å². The quantitative estimate of drug-likeness (QED) is 0.0923. The standard InChI is InChI=1S/C38H39F2NO8/c1-5-46-36(44)33-29(19-25-12-9-13-27(18-25)35(43)49-38(2,3)4)34(41(30(33)21-42)23-45-22-24-10-7-6-8-11-24)26-14-17-31(48-37(39)40)32(20-26)47-28-15-16-28/h6-14,17-18,20-21,28,37H,5,15-16,19,22-23H2,1-4H3. The fourth-order valence-corrected chi connectivity index (χ4v) is 5.37. The molecule has 1 aliphatic rings. The summed E-state index contributed by atoms with van der Waals surface area (Å²) in [6.45, 7) is 4.01. The Bertz CT molecular complexity index is 1790. The zero-order chi connectivity index (χ0) is 35.1. The molecular formula is C38H39F2NO8. The molecule has 0 bridgehead atoms. The van der Waals surface area contributed by atoms with E-state index < -0.39 is 24.2 Å². The van der Waals surface area contributed by atoms with Crippen molar-refractivity contribution in [3.8, 4) is 22.8 Å². The lowest BCUT2D eigenvalue weighted by molar-refractivity contribution is -0.0516. The summed E-state index contributed by atoms with van der Waals surface area (Å²) in [5.74, 6) is -1.28. The lowest BCUT2D eigenvalue weighted by Gasteiger charge is -2.19. The van der Waals surface area contributed by atoms with E-state index in [4.69, 9.17) is 23.7 Å². The zero-order valence-corrected chi connectivity index (χ0v) is 27.9. The van der Waals surface area contributed by atoms with Crippen LogP contribution in [0.2, 0.25) is 0 Å². The van der Waals surface area contributed by atoms with Crippen molar-refractivity contribution in [1.82, 2.24) is 4.57 Å². The van der Waals surface area contributed by atoms with Crippen molar-refractivity contribution in [2.45, 2.75) is 78.6 Å². The number of carbonyl (C=O) groups excluding carboxylic acids is 3. The lowest BCUT2D eigenvalue weighted by Crippen LogP contribution is -2.23. The number of ether oxygens (including phenoxy) is 5. The van der Waals surface area contributed by atoms with Gasteiger partial charge in [0.05, 0.1) is 41.8 Å². The highest BCUT2D eigenvalue weighted by atomic mass is 19.3. The maximum atomic E-state index is 13.6. The summed E-state index contributed by atoms with van der Waals surface area (Å²) in [7, 11) is 0. The second kappa shape index (κ2) is 15.5. The number of alkyl halides is 2. The van der Waals surface area contributed by atoms with Crippen molar-refractivity contribution in [2.75, 3.05) is 6.61 Å². The molecule has 0 radical (unpaired) electrons. The van der Waals surface area contributed by atoms with Crippen molar-refractivity contribution in [3.63, 3.8) is 0 Å². The van der Waals surface area contributed by atoms with Crippen LogP contribution in [0.15, 0.2) is 72.8 Å². The first-order valence-corrected chi connectivity index (χ1v) is 16.0. The van der Waals surface area contributed by atoms with Crippen molar-refractivity contribution in [2.24, 2.45) is 0 Å². The predicted molar refractivity (Wildman–Crippen MR) is 177 cm³/mol. The van der Waals surface area contributed by atoms with E-state index in [1.165, 1.54) is 6.07 Å². The van der Waals surface area contributed by atoms with Gasteiger partial charge in [-0.1, -0.05) is 42.5 Å². The number of hydrogen-bond donors (Lipinski definition) is 0. The maximum absolute atomic E-state index is 13.6. The summed E-state index contributed by atoms with van der Waals surface area (Å²) in [5.41, 5.74) is 2.43. The first-order valence-electron chi connectivity index (χ1n) is 16.0. The van der Waals surface area contributed by atoms with Crippen molar-refractivity contribution < 1.29 is 46.8 Å². The molecule has 1 saturated carbocycles. The van der Waals surface area contributed by atoms with Crippen LogP contribution < -0.4 is 9.47 Å². The Labute approximate surface area is 283 Å². The number of hydrogen-bond acceptors (Lipinski definition) is 8. The summed E-state index contributed by atoms with van der Waals surface area (Å²) in [6.07, 6.45) is 2.04. The molecule has 0 N–H and O–H groups in total. The van der Waals surface area contributed by atoms with Gasteiger partial charge in [-0.3, -0.25) is 4.79 Å². The monoisotopic (exact) mass is 675 g/mol. The third-order valence-corrected chi connectivity index (χ3v) is 7.52. The molecule has 3 aromatic carbocycles. The molecule has 1 aliphatic carbocycles. The number of halogens is 2. The van der Waals surface area contributed by atoms with Crippen LogP contribution in [0.3, 0.4) is 0 Å². The normalized spacial score (nSPS) is 12.9. The van der Waals surface area contributed by atoms with Gasteiger partial charge in [0.25, 0.3) is 0 Å². The van der Waals surface area contributed by atoms with E-state index in [0.29, 0.717) is 34.2 Å². The van der Waals surface area contributed by atoms with E-state index in [9.17, 15) is 23.2 Å². The Morgan fingerprint density at radius 2 is 1.67 bits per heavy atom. The van der Waals surface area contributed by atoms with Crippen LogP contribution in [0, 0.1) is 0 Å². The second-order valence-corrected chi connectivity index (χ2v) is 12.6. The van der Waals surface area contributed by atoms with E-state index in [0.717, 1.165) is 18.4 Å². The number of esters is 2. The predicted octanol–water partition coefficient (Wildman–Crippen LogP) is 8.01. The van der Waals surface area contributed by atoms with E-state index in [1.807, 2.05) is 30.3 Å². The zero-order valence-electron chi connectivity index (χ0n) is 27.9. The first kappa shape index (κ1) is 35.3. The average molecular weight is 676 g/mol. The molecule has 0 spiro atoms. The second-order valence-electron chi connectivity index (χ2n) is 12.6. The summed E-state index contributed by atoms with van der Waals surface area (Å²) in [4.78, 5) is 39.4. The highest BCUT2D eigenvalue weighted by molar-refractivity contribution is 6.02. The van der Waals surface area contributed by atoms with Gasteiger partial charge in [0.1, 0.15) is 12.3 Å². The van der Waals surface area contributed by atoms with E-state index in [1.54, 1.807) is 68.7 Å².